The number of esters is 1. The first kappa shape index (κ1) is 18.9. The molecule has 0 saturated heterocycles. The quantitative estimate of drug-likeness (QED) is 0.692. The van der Waals surface area contributed by atoms with Gasteiger partial charge in [-0.15, -0.1) is 0 Å². The van der Waals surface area contributed by atoms with Gasteiger partial charge in [0.15, 0.2) is 6.10 Å². The van der Waals surface area contributed by atoms with Crippen LogP contribution >= 0.6 is 0 Å². The number of carbonyl (C=O) groups excluding carboxylic acids is 2. The number of aryl methyl sites for hydroxylation is 1. The molecule has 0 bridgehead atoms. The molecular formula is C21H18N4O3. The maximum atomic E-state index is 12.3. The molecule has 0 aliphatic rings. The zero-order valence-corrected chi connectivity index (χ0v) is 15.4. The van der Waals surface area contributed by atoms with E-state index in [-0.39, 0.29) is 0 Å². The predicted molar refractivity (Wildman–Crippen MR) is 103 cm³/mol. The maximum absolute atomic E-state index is 12.3. The molecule has 28 heavy (non-hydrogen) atoms. The number of nitrogens with one attached hydrogen (secondary N) is 1. The fraction of sp³-hybridized carbons (Fsp3) is 0.143. The number of carbonyl (C=O) groups is 2. The molecule has 140 valence electrons. The van der Waals surface area contributed by atoms with E-state index in [1.54, 1.807) is 59.4 Å². The van der Waals surface area contributed by atoms with Crippen LogP contribution in [0.15, 0.2) is 60.8 Å². The van der Waals surface area contributed by atoms with Crippen molar-refractivity contribution >= 4 is 17.6 Å². The van der Waals surface area contributed by atoms with Gasteiger partial charge in [-0.05, 0) is 62.4 Å². The zero-order valence-electron chi connectivity index (χ0n) is 15.4. The number of amides is 1. The topological polar surface area (TPSA) is 97.0 Å². The summed E-state index contributed by atoms with van der Waals surface area (Å²) in [5, 5.41) is 15.7. The van der Waals surface area contributed by atoms with Crippen LogP contribution in [0.5, 0.6) is 0 Å². The molecule has 3 rings (SSSR count). The maximum Gasteiger partial charge on any atom is 0.338 e. The van der Waals surface area contributed by atoms with Gasteiger partial charge < -0.3 is 10.1 Å². The van der Waals surface area contributed by atoms with Crippen LogP contribution in [0.4, 0.5) is 5.69 Å². The Kier molecular flexibility index (Phi) is 5.51. The van der Waals surface area contributed by atoms with Crippen LogP contribution in [0.1, 0.15) is 28.5 Å². The first-order valence-corrected chi connectivity index (χ1v) is 8.61. The molecule has 1 heterocycles. The summed E-state index contributed by atoms with van der Waals surface area (Å²) in [7, 11) is 0. The van der Waals surface area contributed by atoms with E-state index in [0.717, 1.165) is 11.4 Å². The Morgan fingerprint density at radius 3 is 2.57 bits per heavy atom. The molecule has 0 aliphatic carbocycles. The molecule has 0 fully saturated rings. The lowest BCUT2D eigenvalue weighted by molar-refractivity contribution is -0.123. The molecule has 7 heteroatoms. The molecule has 1 N–H and O–H groups in total. The van der Waals surface area contributed by atoms with Crippen molar-refractivity contribution in [2.75, 3.05) is 5.32 Å². The molecule has 1 aromatic heterocycles. The Hall–Kier alpha value is -3.92. The van der Waals surface area contributed by atoms with Gasteiger partial charge in [0.1, 0.15) is 0 Å². The van der Waals surface area contributed by atoms with Crippen LogP contribution in [-0.2, 0) is 9.53 Å². The first-order valence-electron chi connectivity index (χ1n) is 8.61. The van der Waals surface area contributed by atoms with Gasteiger partial charge in [0.05, 0.1) is 22.9 Å². The van der Waals surface area contributed by atoms with Gasteiger partial charge in [0, 0.05) is 17.6 Å². The highest BCUT2D eigenvalue weighted by atomic mass is 16.5. The normalized spacial score (nSPS) is 11.3. The number of rotatable bonds is 5. The zero-order chi connectivity index (χ0) is 20.1. The third-order valence-corrected chi connectivity index (χ3v) is 4.09. The monoisotopic (exact) mass is 374 g/mol. The summed E-state index contributed by atoms with van der Waals surface area (Å²) in [6.45, 7) is 3.42. The number of nitrogens with zero attached hydrogens (tertiary/aromatic N) is 3. The van der Waals surface area contributed by atoms with Gasteiger partial charge in [-0.2, -0.15) is 10.4 Å². The van der Waals surface area contributed by atoms with Gasteiger partial charge >= 0.3 is 5.97 Å². The average Bonchev–Trinajstić information content (AvgIpc) is 3.14. The molecule has 1 amide bonds. The minimum atomic E-state index is -0.994. The summed E-state index contributed by atoms with van der Waals surface area (Å²) >= 11 is 0. The molecule has 7 nitrogen and oxygen atoms in total. The van der Waals surface area contributed by atoms with Crippen molar-refractivity contribution in [2.24, 2.45) is 0 Å². The molecular weight excluding hydrogens is 356 g/mol. The van der Waals surface area contributed by atoms with E-state index in [1.807, 2.05) is 19.1 Å². The second kappa shape index (κ2) is 8.18. The number of hydrogen-bond acceptors (Lipinski definition) is 5. The van der Waals surface area contributed by atoms with Crippen LogP contribution in [-0.4, -0.2) is 27.8 Å². The van der Waals surface area contributed by atoms with Gasteiger partial charge in [0.25, 0.3) is 5.91 Å². The Morgan fingerprint density at radius 1 is 1.18 bits per heavy atom. The molecule has 3 aromatic rings. The Morgan fingerprint density at radius 2 is 1.93 bits per heavy atom. The number of aromatic nitrogens is 2. The Labute approximate surface area is 162 Å². The van der Waals surface area contributed by atoms with Gasteiger partial charge in [-0.25, -0.2) is 9.48 Å². The molecule has 0 saturated carbocycles. The summed E-state index contributed by atoms with van der Waals surface area (Å²) < 4.78 is 6.99. The first-order chi connectivity index (χ1) is 13.5. The van der Waals surface area contributed by atoms with Crippen molar-refractivity contribution in [1.29, 1.82) is 5.26 Å². The number of benzene rings is 2. The van der Waals surface area contributed by atoms with Gasteiger partial charge in [-0.1, -0.05) is 6.07 Å². The number of anilines is 1. The second-order valence-electron chi connectivity index (χ2n) is 6.16. The lowest BCUT2D eigenvalue weighted by Gasteiger charge is -2.14. The van der Waals surface area contributed by atoms with Crippen LogP contribution in [0.25, 0.3) is 5.69 Å². The number of nitriles is 1. The van der Waals surface area contributed by atoms with Crippen molar-refractivity contribution in [3.8, 4) is 11.8 Å². The highest BCUT2D eigenvalue weighted by Gasteiger charge is 2.19. The van der Waals surface area contributed by atoms with E-state index >= 15 is 0 Å². The summed E-state index contributed by atoms with van der Waals surface area (Å²) in [6, 6.07) is 17.1. The van der Waals surface area contributed by atoms with Crippen molar-refractivity contribution in [1.82, 2.24) is 9.78 Å². The Balaban J connectivity index is 1.62. The van der Waals surface area contributed by atoms with E-state index in [1.165, 1.54) is 6.92 Å². The average molecular weight is 374 g/mol. The number of ether oxygens (including phenoxy) is 1. The van der Waals surface area contributed by atoms with Crippen molar-refractivity contribution in [2.45, 2.75) is 20.0 Å². The van der Waals surface area contributed by atoms with Gasteiger partial charge in [0.2, 0.25) is 0 Å². The largest absolute Gasteiger partial charge is 0.449 e. The highest BCUT2D eigenvalue weighted by Crippen LogP contribution is 2.14. The van der Waals surface area contributed by atoms with Crippen LogP contribution in [0.3, 0.4) is 0 Å². The van der Waals surface area contributed by atoms with E-state index in [2.05, 4.69) is 10.4 Å². The summed E-state index contributed by atoms with van der Waals surface area (Å²) in [5.41, 5.74) is 3.02. The smallest absolute Gasteiger partial charge is 0.338 e. The SMILES string of the molecule is Cc1ccnn1-c1ccc(C(=O)OC(C)C(=O)Nc2cccc(C#N)c2)cc1. The van der Waals surface area contributed by atoms with Crippen LogP contribution < -0.4 is 5.32 Å². The minimum absolute atomic E-state index is 0.333. The molecule has 2 aromatic carbocycles. The fourth-order valence-corrected chi connectivity index (χ4v) is 2.57. The van der Waals surface area contributed by atoms with E-state index in [9.17, 15) is 9.59 Å². The standard InChI is InChI=1S/C21H18N4O3/c1-14-10-11-23-25(14)19-8-6-17(7-9-19)21(27)28-15(2)20(26)24-18-5-3-4-16(12-18)13-22/h3-12,15H,1-2H3,(H,24,26). The van der Waals surface area contributed by atoms with Crippen molar-refractivity contribution in [3.05, 3.63) is 77.6 Å². The predicted octanol–water partition coefficient (Wildman–Crippen LogP) is 3.24. The van der Waals surface area contributed by atoms with Crippen molar-refractivity contribution in [3.63, 3.8) is 0 Å². The lowest BCUT2D eigenvalue weighted by atomic mass is 10.2. The molecule has 1 atom stereocenters. The summed E-state index contributed by atoms with van der Waals surface area (Å²) in [4.78, 5) is 24.6. The van der Waals surface area contributed by atoms with Crippen LogP contribution in [0, 0.1) is 18.3 Å². The second-order valence-corrected chi connectivity index (χ2v) is 6.16. The number of hydrogen-bond donors (Lipinski definition) is 1. The summed E-state index contributed by atoms with van der Waals surface area (Å²) in [6.07, 6.45) is 0.704. The lowest BCUT2D eigenvalue weighted by Crippen LogP contribution is -2.30. The molecule has 0 aliphatic heterocycles. The molecule has 1 unspecified atom stereocenters. The minimum Gasteiger partial charge on any atom is -0.449 e. The van der Waals surface area contributed by atoms with Crippen LogP contribution in [0.2, 0.25) is 0 Å². The molecule has 0 spiro atoms. The Bertz CT molecular complexity index is 1050. The third-order valence-electron chi connectivity index (χ3n) is 4.09. The third kappa shape index (κ3) is 4.24. The summed E-state index contributed by atoms with van der Waals surface area (Å²) in [5.74, 6) is -1.08. The fourth-order valence-electron chi connectivity index (χ4n) is 2.57. The van der Waals surface area contributed by atoms with E-state index in [0.29, 0.717) is 16.8 Å². The molecule has 0 radical (unpaired) electrons. The van der Waals surface area contributed by atoms with E-state index in [4.69, 9.17) is 10.00 Å². The van der Waals surface area contributed by atoms with E-state index < -0.39 is 18.0 Å². The highest BCUT2D eigenvalue weighted by molar-refractivity contribution is 5.97. The van der Waals surface area contributed by atoms with Crippen molar-refractivity contribution < 1.29 is 14.3 Å². The van der Waals surface area contributed by atoms with Gasteiger partial charge in [-0.3, -0.25) is 4.79 Å².